The summed E-state index contributed by atoms with van der Waals surface area (Å²) in [6.45, 7) is 0. The van der Waals surface area contributed by atoms with E-state index in [4.69, 9.17) is 0 Å². The molecule has 216 valence electrons. The molecule has 9 rings (SSSR count). The lowest BCUT2D eigenvalue weighted by molar-refractivity contribution is 1.57. The normalized spacial score (nSPS) is 11.7. The number of rotatable bonds is 4. The van der Waals surface area contributed by atoms with E-state index in [9.17, 15) is 0 Å². The highest BCUT2D eigenvalue weighted by Gasteiger charge is 2.23. The van der Waals surface area contributed by atoms with Gasteiger partial charge in [-0.05, 0) is 106 Å². The van der Waals surface area contributed by atoms with Gasteiger partial charge in [-0.15, -0.1) is 0 Å². The summed E-state index contributed by atoms with van der Waals surface area (Å²) >= 11 is 8.04. The Morgan fingerprint density at radius 1 is 0.261 bits per heavy atom. The van der Waals surface area contributed by atoms with Crippen LogP contribution in [0, 0.1) is 0 Å². The first-order valence-corrected chi connectivity index (χ1v) is 17.1. The Bertz CT molecular complexity index is 2570. The van der Waals surface area contributed by atoms with E-state index in [1.807, 2.05) is 0 Å². The van der Waals surface area contributed by atoms with Gasteiger partial charge in [-0.3, -0.25) is 0 Å². The minimum Gasteiger partial charge on any atom is -0.0622 e. The fourth-order valence-corrected chi connectivity index (χ4v) is 8.46. The highest BCUT2D eigenvalue weighted by atomic mass is 79.9. The zero-order chi connectivity index (χ0) is 30.8. The number of benzene rings is 9. The van der Waals surface area contributed by atoms with Gasteiger partial charge < -0.3 is 0 Å². The molecule has 9 aromatic carbocycles. The van der Waals surface area contributed by atoms with Crippen molar-refractivity contribution < 1.29 is 0 Å². The maximum absolute atomic E-state index is 4.06. The Morgan fingerprint density at radius 2 is 0.717 bits per heavy atom. The van der Waals surface area contributed by atoms with E-state index in [0.29, 0.717) is 0 Å². The molecule has 0 atom stereocenters. The van der Waals surface area contributed by atoms with Crippen LogP contribution in [-0.2, 0) is 0 Å². The number of fused-ring (bicyclic) bond motifs is 2. The van der Waals surface area contributed by atoms with Crippen molar-refractivity contribution in [3.8, 4) is 44.5 Å². The summed E-state index contributed by atoms with van der Waals surface area (Å²) in [7, 11) is 0. The molecule has 9 aromatic rings. The van der Waals surface area contributed by atoms with Crippen LogP contribution < -0.4 is 0 Å². The SMILES string of the molecule is Brc1cc(-c2ccccc2)c2c3cccc4c(Br)cc(-c5cc(-c6ccccc6)ccc5-c5ccccc5)c(c5cccc1c52)c43. The molecule has 0 unspecified atom stereocenters. The molecule has 0 nitrogen and oxygen atoms in total. The van der Waals surface area contributed by atoms with Gasteiger partial charge in [-0.2, -0.15) is 0 Å². The van der Waals surface area contributed by atoms with Crippen LogP contribution in [0.2, 0.25) is 0 Å². The summed E-state index contributed by atoms with van der Waals surface area (Å²) in [5, 5.41) is 10.1. The predicted molar refractivity (Wildman–Crippen MR) is 205 cm³/mol. The largest absolute Gasteiger partial charge is 0.0622 e. The third-order valence-electron chi connectivity index (χ3n) is 9.35. The third-order valence-corrected chi connectivity index (χ3v) is 10.7. The molecule has 0 saturated heterocycles. The molecule has 0 aliphatic heterocycles. The van der Waals surface area contributed by atoms with Gasteiger partial charge in [0.05, 0.1) is 0 Å². The van der Waals surface area contributed by atoms with Crippen molar-refractivity contribution in [1.82, 2.24) is 0 Å². The second-order valence-electron chi connectivity index (χ2n) is 11.9. The first kappa shape index (κ1) is 27.5. The molecular weight excluding hydrogens is 688 g/mol. The average molecular weight is 714 g/mol. The van der Waals surface area contributed by atoms with Crippen molar-refractivity contribution >= 4 is 74.9 Å². The first-order valence-electron chi connectivity index (χ1n) is 15.5. The van der Waals surface area contributed by atoms with E-state index in [1.54, 1.807) is 0 Å². The zero-order valence-corrected chi connectivity index (χ0v) is 27.9. The number of halogens is 2. The minimum absolute atomic E-state index is 1.10. The maximum atomic E-state index is 4.06. The lowest BCUT2D eigenvalue weighted by Gasteiger charge is -2.22. The van der Waals surface area contributed by atoms with Crippen molar-refractivity contribution in [3.63, 3.8) is 0 Å². The van der Waals surface area contributed by atoms with Crippen LogP contribution in [0.1, 0.15) is 0 Å². The van der Waals surface area contributed by atoms with Crippen molar-refractivity contribution in [2.24, 2.45) is 0 Å². The molecule has 46 heavy (non-hydrogen) atoms. The Balaban J connectivity index is 1.50. The number of hydrogen-bond acceptors (Lipinski definition) is 0. The van der Waals surface area contributed by atoms with E-state index in [0.717, 1.165) is 8.95 Å². The molecule has 0 aliphatic carbocycles. The summed E-state index contributed by atoms with van der Waals surface area (Å²) in [5.74, 6) is 0. The second kappa shape index (κ2) is 10.9. The summed E-state index contributed by atoms with van der Waals surface area (Å²) in [4.78, 5) is 0. The summed E-state index contributed by atoms with van der Waals surface area (Å²) in [5.41, 5.74) is 9.74. The van der Waals surface area contributed by atoms with Gasteiger partial charge in [-0.25, -0.2) is 0 Å². The van der Waals surface area contributed by atoms with Crippen LogP contribution in [0.3, 0.4) is 0 Å². The van der Waals surface area contributed by atoms with E-state index >= 15 is 0 Å². The van der Waals surface area contributed by atoms with Crippen molar-refractivity contribution in [2.75, 3.05) is 0 Å². The van der Waals surface area contributed by atoms with E-state index < -0.39 is 0 Å². The number of hydrogen-bond donors (Lipinski definition) is 0. The van der Waals surface area contributed by atoms with Crippen molar-refractivity contribution in [2.45, 2.75) is 0 Å². The van der Waals surface area contributed by atoms with Gasteiger partial charge in [0.25, 0.3) is 0 Å². The van der Waals surface area contributed by atoms with Gasteiger partial charge in [0.1, 0.15) is 0 Å². The van der Waals surface area contributed by atoms with Crippen molar-refractivity contribution in [1.29, 1.82) is 0 Å². The van der Waals surface area contributed by atoms with Crippen LogP contribution >= 0.6 is 31.9 Å². The van der Waals surface area contributed by atoms with Crippen LogP contribution in [0.4, 0.5) is 0 Å². The Hall–Kier alpha value is -4.76. The summed E-state index contributed by atoms with van der Waals surface area (Å²) < 4.78 is 2.21. The van der Waals surface area contributed by atoms with Gasteiger partial charge in [0.15, 0.2) is 0 Å². The zero-order valence-electron chi connectivity index (χ0n) is 24.8. The van der Waals surface area contributed by atoms with E-state index in [2.05, 4.69) is 190 Å². The van der Waals surface area contributed by atoms with Gasteiger partial charge in [0, 0.05) is 8.95 Å². The Morgan fingerprint density at radius 3 is 1.28 bits per heavy atom. The van der Waals surface area contributed by atoms with E-state index in [1.165, 1.54) is 87.6 Å². The average Bonchev–Trinajstić information content (AvgIpc) is 3.12. The smallest absolute Gasteiger partial charge is 0.0260 e. The standard InChI is InChI=1S/C44H26Br2/c45-39-25-36(29-16-8-3-9-17-29)43-34-20-10-19-33-40(46)26-38(44(42(33)34)35-21-11-18-32(39)41(35)43)37-24-30(27-12-4-1-5-13-27)22-23-31(37)28-14-6-2-7-15-28/h1-26H. The monoisotopic (exact) mass is 712 g/mol. The molecule has 0 heterocycles. The van der Waals surface area contributed by atoms with Crippen molar-refractivity contribution in [3.05, 3.63) is 167 Å². The third kappa shape index (κ3) is 4.25. The predicted octanol–water partition coefficient (Wildman–Crippen LogP) is 13.9. The van der Waals surface area contributed by atoms with Gasteiger partial charge >= 0.3 is 0 Å². The molecule has 0 fully saturated rings. The molecule has 0 spiro atoms. The fraction of sp³-hybridized carbons (Fsp3) is 0. The quantitative estimate of drug-likeness (QED) is 0.126. The molecule has 0 saturated carbocycles. The summed E-state index contributed by atoms with van der Waals surface area (Å²) in [6, 6.07) is 57.4. The Kier molecular flexibility index (Phi) is 6.55. The molecule has 0 bridgehead atoms. The first-order chi connectivity index (χ1) is 22.7. The van der Waals surface area contributed by atoms with Crippen LogP contribution in [-0.4, -0.2) is 0 Å². The molecule has 0 amide bonds. The molecule has 0 aliphatic rings. The molecule has 0 radical (unpaired) electrons. The lowest BCUT2D eigenvalue weighted by atomic mass is 9.82. The minimum atomic E-state index is 1.10. The fourth-order valence-electron chi connectivity index (χ4n) is 7.34. The van der Waals surface area contributed by atoms with Gasteiger partial charge in [-0.1, -0.05) is 171 Å². The molecular formula is C44H26Br2. The maximum Gasteiger partial charge on any atom is 0.0260 e. The Labute approximate surface area is 284 Å². The second-order valence-corrected chi connectivity index (χ2v) is 13.6. The highest BCUT2D eigenvalue weighted by Crippen LogP contribution is 2.51. The summed E-state index contributed by atoms with van der Waals surface area (Å²) in [6.07, 6.45) is 0. The van der Waals surface area contributed by atoms with E-state index in [-0.39, 0.29) is 0 Å². The highest BCUT2D eigenvalue weighted by molar-refractivity contribution is 9.11. The lowest BCUT2D eigenvalue weighted by Crippen LogP contribution is -1.95. The van der Waals surface area contributed by atoms with Gasteiger partial charge in [0.2, 0.25) is 0 Å². The topological polar surface area (TPSA) is 0 Å². The molecule has 0 N–H and O–H groups in total. The van der Waals surface area contributed by atoms with Crippen LogP contribution in [0.15, 0.2) is 167 Å². The molecule has 0 aromatic heterocycles. The molecule has 2 heteroatoms. The van der Waals surface area contributed by atoms with Crippen LogP contribution in [0.25, 0.3) is 87.6 Å². The van der Waals surface area contributed by atoms with Crippen LogP contribution in [0.5, 0.6) is 0 Å².